The van der Waals surface area contributed by atoms with Crippen LogP contribution in [0, 0.1) is 5.92 Å². The monoisotopic (exact) mass is 244 g/mol. The Balaban J connectivity index is 1.87. The zero-order valence-corrected chi connectivity index (χ0v) is 11.3. The van der Waals surface area contributed by atoms with Gasteiger partial charge in [-0.05, 0) is 37.8 Å². The summed E-state index contributed by atoms with van der Waals surface area (Å²) in [6.45, 7) is 5.49. The summed E-state index contributed by atoms with van der Waals surface area (Å²) in [4.78, 5) is 2.55. The molecule has 0 spiro atoms. The summed E-state index contributed by atoms with van der Waals surface area (Å²) in [5.74, 6) is 0.675. The van der Waals surface area contributed by atoms with Crippen LogP contribution in [0.25, 0.3) is 0 Å². The summed E-state index contributed by atoms with van der Waals surface area (Å²) >= 11 is 0. The van der Waals surface area contributed by atoms with E-state index in [9.17, 15) is 0 Å². The molecule has 1 aliphatic rings. The maximum Gasteiger partial charge on any atom is 0.0233 e. The number of hydrogen-bond acceptors (Lipinski definition) is 2. The Kier molecular flexibility index (Phi) is 4.97. The zero-order chi connectivity index (χ0) is 12.8. The zero-order valence-electron chi connectivity index (χ0n) is 11.3. The molecule has 0 radical (unpaired) electrons. The number of nitrogens with zero attached hydrogens (tertiary/aromatic N) is 1. The van der Waals surface area contributed by atoms with Crippen molar-refractivity contribution in [3.63, 3.8) is 0 Å². The second-order valence-corrected chi connectivity index (χ2v) is 5.37. The van der Waals surface area contributed by atoms with Crippen LogP contribution in [0.1, 0.15) is 25.3 Å². The Morgan fingerprint density at radius 2 is 2.17 bits per heavy atom. The van der Waals surface area contributed by atoms with E-state index in [1.807, 2.05) is 6.92 Å². The van der Waals surface area contributed by atoms with E-state index in [1.165, 1.54) is 24.9 Å². The van der Waals surface area contributed by atoms with Gasteiger partial charge in [0.25, 0.3) is 0 Å². The number of benzene rings is 1. The molecule has 1 aliphatic heterocycles. The lowest BCUT2D eigenvalue weighted by molar-refractivity contribution is 0.189. The average Bonchev–Trinajstić information content (AvgIpc) is 2.38. The van der Waals surface area contributed by atoms with Gasteiger partial charge in [-0.3, -0.25) is 4.90 Å². The molecule has 1 aromatic carbocycles. The summed E-state index contributed by atoms with van der Waals surface area (Å²) in [6.07, 6.45) is 7.04. The summed E-state index contributed by atoms with van der Waals surface area (Å²) < 4.78 is 0. The molecular weight excluding hydrogens is 220 g/mol. The highest BCUT2D eigenvalue weighted by Crippen LogP contribution is 2.19. The van der Waals surface area contributed by atoms with Crippen LogP contribution in [0.15, 0.2) is 42.5 Å². The lowest BCUT2D eigenvalue weighted by atomic mass is 9.96. The van der Waals surface area contributed by atoms with E-state index in [-0.39, 0.29) is 6.04 Å². The van der Waals surface area contributed by atoms with Crippen molar-refractivity contribution in [3.05, 3.63) is 48.0 Å². The smallest absolute Gasteiger partial charge is 0.0233 e. The van der Waals surface area contributed by atoms with Crippen LogP contribution in [0.5, 0.6) is 0 Å². The first-order chi connectivity index (χ1) is 8.74. The molecule has 2 rings (SSSR count). The molecule has 0 aliphatic carbocycles. The predicted molar refractivity (Wildman–Crippen MR) is 77.2 cm³/mol. The van der Waals surface area contributed by atoms with Crippen molar-refractivity contribution in [1.82, 2.24) is 4.90 Å². The highest BCUT2D eigenvalue weighted by Gasteiger charge is 2.17. The Morgan fingerprint density at radius 1 is 1.39 bits per heavy atom. The van der Waals surface area contributed by atoms with Crippen LogP contribution in [-0.2, 0) is 6.54 Å². The van der Waals surface area contributed by atoms with Crippen molar-refractivity contribution in [2.24, 2.45) is 11.7 Å². The van der Waals surface area contributed by atoms with Crippen LogP contribution in [0.4, 0.5) is 0 Å². The van der Waals surface area contributed by atoms with Crippen molar-refractivity contribution in [2.45, 2.75) is 32.4 Å². The molecule has 1 heterocycles. The molecule has 2 atom stereocenters. The quantitative estimate of drug-likeness (QED) is 0.825. The lowest BCUT2D eigenvalue weighted by Crippen LogP contribution is -2.34. The van der Waals surface area contributed by atoms with E-state index in [2.05, 4.69) is 47.4 Å². The van der Waals surface area contributed by atoms with Gasteiger partial charge in [0.05, 0.1) is 0 Å². The van der Waals surface area contributed by atoms with Gasteiger partial charge in [0.1, 0.15) is 0 Å². The molecule has 1 aromatic rings. The molecule has 2 heteroatoms. The SMILES string of the molecule is CC(N)/C=C/C1CCCN(Cc2ccccc2)C1. The Bertz CT molecular complexity index is 370. The standard InChI is InChI=1S/C16H24N2/c1-14(17)9-10-16-8-5-11-18(13-16)12-15-6-3-2-4-7-15/h2-4,6-7,9-10,14,16H,5,8,11-13,17H2,1H3/b10-9+. The lowest BCUT2D eigenvalue weighted by Gasteiger charge is -2.31. The minimum absolute atomic E-state index is 0.175. The molecule has 0 saturated carbocycles. The van der Waals surface area contributed by atoms with Gasteiger partial charge >= 0.3 is 0 Å². The normalized spacial score (nSPS) is 23.3. The first kappa shape index (κ1) is 13.3. The maximum atomic E-state index is 5.77. The summed E-state index contributed by atoms with van der Waals surface area (Å²) in [5, 5.41) is 0. The third kappa shape index (κ3) is 4.28. The number of piperidine rings is 1. The molecule has 2 nitrogen and oxygen atoms in total. The van der Waals surface area contributed by atoms with Crippen molar-refractivity contribution < 1.29 is 0 Å². The molecule has 2 unspecified atom stereocenters. The summed E-state index contributed by atoms with van der Waals surface area (Å²) in [5.41, 5.74) is 7.18. The first-order valence-corrected chi connectivity index (χ1v) is 6.94. The van der Waals surface area contributed by atoms with Crippen LogP contribution in [0.3, 0.4) is 0 Å². The van der Waals surface area contributed by atoms with Crippen LogP contribution in [-0.4, -0.2) is 24.0 Å². The third-order valence-corrected chi connectivity index (χ3v) is 3.48. The second-order valence-electron chi connectivity index (χ2n) is 5.37. The number of likely N-dealkylation sites (tertiary alicyclic amines) is 1. The fourth-order valence-corrected chi connectivity index (χ4v) is 2.57. The Morgan fingerprint density at radius 3 is 2.89 bits per heavy atom. The van der Waals surface area contributed by atoms with Crippen LogP contribution in [0.2, 0.25) is 0 Å². The molecule has 0 amide bonds. The van der Waals surface area contributed by atoms with E-state index in [0.717, 1.165) is 13.1 Å². The number of hydrogen-bond donors (Lipinski definition) is 1. The number of nitrogens with two attached hydrogens (primary N) is 1. The molecule has 2 N–H and O–H groups in total. The van der Waals surface area contributed by atoms with Gasteiger partial charge in [-0.1, -0.05) is 42.5 Å². The van der Waals surface area contributed by atoms with Gasteiger partial charge in [-0.15, -0.1) is 0 Å². The summed E-state index contributed by atoms with van der Waals surface area (Å²) in [6, 6.07) is 10.9. The van der Waals surface area contributed by atoms with Gasteiger partial charge in [-0.2, -0.15) is 0 Å². The van der Waals surface area contributed by atoms with Gasteiger partial charge < -0.3 is 5.73 Å². The minimum Gasteiger partial charge on any atom is -0.325 e. The minimum atomic E-state index is 0.175. The van der Waals surface area contributed by atoms with Crippen molar-refractivity contribution in [2.75, 3.05) is 13.1 Å². The van der Waals surface area contributed by atoms with E-state index in [1.54, 1.807) is 0 Å². The second kappa shape index (κ2) is 6.72. The largest absolute Gasteiger partial charge is 0.325 e. The molecule has 1 fully saturated rings. The fraction of sp³-hybridized carbons (Fsp3) is 0.500. The molecule has 0 bridgehead atoms. The van der Waals surface area contributed by atoms with Gasteiger partial charge in [0.15, 0.2) is 0 Å². The molecule has 98 valence electrons. The van der Waals surface area contributed by atoms with Crippen LogP contribution >= 0.6 is 0 Å². The van der Waals surface area contributed by atoms with Crippen LogP contribution < -0.4 is 5.73 Å². The maximum absolute atomic E-state index is 5.77. The number of rotatable bonds is 4. The van der Waals surface area contributed by atoms with Crippen molar-refractivity contribution >= 4 is 0 Å². The average molecular weight is 244 g/mol. The highest BCUT2D eigenvalue weighted by atomic mass is 15.1. The van der Waals surface area contributed by atoms with E-state index < -0.39 is 0 Å². The van der Waals surface area contributed by atoms with Gasteiger partial charge in [0.2, 0.25) is 0 Å². The van der Waals surface area contributed by atoms with Gasteiger partial charge in [0, 0.05) is 19.1 Å². The van der Waals surface area contributed by atoms with E-state index >= 15 is 0 Å². The predicted octanol–water partition coefficient (Wildman–Crippen LogP) is 2.80. The summed E-state index contributed by atoms with van der Waals surface area (Å²) in [7, 11) is 0. The van der Waals surface area contributed by atoms with Crippen molar-refractivity contribution in [3.8, 4) is 0 Å². The van der Waals surface area contributed by atoms with Gasteiger partial charge in [-0.25, -0.2) is 0 Å². The first-order valence-electron chi connectivity index (χ1n) is 6.94. The third-order valence-electron chi connectivity index (χ3n) is 3.48. The highest BCUT2D eigenvalue weighted by molar-refractivity contribution is 5.14. The Hall–Kier alpha value is -1.12. The molecule has 0 aromatic heterocycles. The fourth-order valence-electron chi connectivity index (χ4n) is 2.57. The topological polar surface area (TPSA) is 29.3 Å². The van der Waals surface area contributed by atoms with Crippen molar-refractivity contribution in [1.29, 1.82) is 0 Å². The molecular formula is C16H24N2. The van der Waals surface area contributed by atoms with E-state index in [0.29, 0.717) is 5.92 Å². The molecule has 18 heavy (non-hydrogen) atoms. The Labute approximate surface area is 110 Å². The van der Waals surface area contributed by atoms with E-state index in [4.69, 9.17) is 5.73 Å². The molecule has 1 saturated heterocycles.